The molecule has 4 rings (SSSR count). The molecule has 2 aromatic carbocycles. The van der Waals surface area contributed by atoms with Gasteiger partial charge in [0.15, 0.2) is 10.9 Å². The topological polar surface area (TPSA) is 84.2 Å². The fourth-order valence-corrected chi connectivity index (χ4v) is 3.57. The molecule has 0 radical (unpaired) electrons. The minimum Gasteiger partial charge on any atom is -0.332 e. The minimum absolute atomic E-state index is 0.150. The number of thiocarbonyl (C=S) groups is 1. The molecule has 0 atom stereocenters. The Kier molecular flexibility index (Phi) is 4.80. The van der Waals surface area contributed by atoms with Crippen molar-refractivity contribution in [3.8, 4) is 10.6 Å². The Balaban J connectivity index is 1.41. The maximum atomic E-state index is 12.9. The van der Waals surface area contributed by atoms with Crippen molar-refractivity contribution < 1.29 is 9.18 Å². The summed E-state index contributed by atoms with van der Waals surface area (Å²) >= 11 is 6.61. The molecule has 2 aromatic heterocycles. The van der Waals surface area contributed by atoms with Crippen molar-refractivity contribution in [1.29, 1.82) is 0 Å². The van der Waals surface area contributed by atoms with E-state index in [9.17, 15) is 9.18 Å². The first-order valence-corrected chi connectivity index (χ1v) is 9.39. The fourth-order valence-electron chi connectivity index (χ4n) is 2.47. The number of halogens is 1. The maximum Gasteiger partial charge on any atom is 0.257 e. The van der Waals surface area contributed by atoms with Crippen LogP contribution in [0.1, 0.15) is 16.2 Å². The van der Waals surface area contributed by atoms with Gasteiger partial charge in [0, 0.05) is 16.8 Å². The summed E-state index contributed by atoms with van der Waals surface area (Å²) in [5.74, 6) is -0.0837. The molecular weight excluding hydrogens is 399 g/mol. The highest BCUT2D eigenvalue weighted by molar-refractivity contribution is 7.80. The Morgan fingerprint density at radius 1 is 1.11 bits per heavy atom. The number of carbonyl (C=O) groups is 1. The third-order valence-corrected chi connectivity index (χ3v) is 5.02. The number of hydrogen-bond donors (Lipinski definition) is 2. The van der Waals surface area contributed by atoms with Crippen LogP contribution in [0.15, 0.2) is 48.5 Å². The monoisotopic (exact) mass is 412 g/mol. The second-order valence-electron chi connectivity index (χ2n) is 5.84. The molecular formula is C18H13FN6OS2. The summed E-state index contributed by atoms with van der Waals surface area (Å²) in [7, 11) is 0. The first-order valence-electron chi connectivity index (χ1n) is 8.17. The van der Waals surface area contributed by atoms with Crippen molar-refractivity contribution >= 4 is 45.2 Å². The van der Waals surface area contributed by atoms with Gasteiger partial charge in [0.1, 0.15) is 10.8 Å². The van der Waals surface area contributed by atoms with Gasteiger partial charge in [-0.2, -0.15) is 9.61 Å². The third-order valence-electron chi connectivity index (χ3n) is 3.87. The van der Waals surface area contributed by atoms with Crippen LogP contribution in [-0.2, 0) is 0 Å². The van der Waals surface area contributed by atoms with Gasteiger partial charge in [0.25, 0.3) is 5.91 Å². The molecule has 0 unspecified atom stereocenters. The molecule has 0 aliphatic carbocycles. The van der Waals surface area contributed by atoms with Crippen LogP contribution in [0.3, 0.4) is 0 Å². The quantitative estimate of drug-likeness (QED) is 0.502. The van der Waals surface area contributed by atoms with Crippen LogP contribution < -0.4 is 10.6 Å². The molecule has 4 aromatic rings. The van der Waals surface area contributed by atoms with Gasteiger partial charge in [0.2, 0.25) is 4.96 Å². The second kappa shape index (κ2) is 7.41. The van der Waals surface area contributed by atoms with Crippen molar-refractivity contribution in [2.45, 2.75) is 6.92 Å². The highest BCUT2D eigenvalue weighted by Crippen LogP contribution is 2.26. The van der Waals surface area contributed by atoms with Crippen molar-refractivity contribution in [3.63, 3.8) is 0 Å². The number of aromatic nitrogens is 4. The highest BCUT2D eigenvalue weighted by Gasteiger charge is 2.11. The molecule has 28 heavy (non-hydrogen) atoms. The number of nitrogens with zero attached hydrogens (tertiary/aromatic N) is 4. The lowest BCUT2D eigenvalue weighted by atomic mass is 10.2. The normalized spacial score (nSPS) is 10.8. The van der Waals surface area contributed by atoms with Gasteiger partial charge in [-0.25, -0.2) is 4.39 Å². The SMILES string of the molecule is Cc1nnc2sc(-c3ccc(NC(=S)NC(=O)c4ccc(F)cc4)cc3)nn12. The van der Waals surface area contributed by atoms with E-state index in [-0.39, 0.29) is 5.11 Å². The lowest BCUT2D eigenvalue weighted by molar-refractivity contribution is 0.0977. The summed E-state index contributed by atoms with van der Waals surface area (Å²) in [6.07, 6.45) is 0. The number of anilines is 1. The zero-order chi connectivity index (χ0) is 19.7. The van der Waals surface area contributed by atoms with Crippen LogP contribution in [0.25, 0.3) is 15.5 Å². The van der Waals surface area contributed by atoms with E-state index in [0.29, 0.717) is 11.3 Å². The molecule has 1 amide bonds. The number of nitrogens with one attached hydrogen (secondary N) is 2. The fraction of sp³-hybridized carbons (Fsp3) is 0.0556. The van der Waals surface area contributed by atoms with Crippen LogP contribution in [0.5, 0.6) is 0 Å². The average molecular weight is 412 g/mol. The van der Waals surface area contributed by atoms with Crippen LogP contribution in [0, 0.1) is 12.7 Å². The second-order valence-corrected chi connectivity index (χ2v) is 7.21. The highest BCUT2D eigenvalue weighted by atomic mass is 32.1. The van der Waals surface area contributed by atoms with E-state index in [1.807, 2.05) is 31.2 Å². The number of aryl methyl sites for hydroxylation is 1. The number of fused-ring (bicyclic) bond motifs is 1. The van der Waals surface area contributed by atoms with Gasteiger partial charge >= 0.3 is 0 Å². The zero-order valence-electron chi connectivity index (χ0n) is 14.5. The Morgan fingerprint density at radius 3 is 2.50 bits per heavy atom. The summed E-state index contributed by atoms with van der Waals surface area (Å²) in [4.78, 5) is 12.8. The maximum absolute atomic E-state index is 12.9. The van der Waals surface area contributed by atoms with Gasteiger partial charge in [-0.3, -0.25) is 10.1 Å². The van der Waals surface area contributed by atoms with Crippen molar-refractivity contribution in [2.75, 3.05) is 5.32 Å². The Hall–Kier alpha value is -3.24. The zero-order valence-corrected chi connectivity index (χ0v) is 16.1. The van der Waals surface area contributed by atoms with E-state index in [0.717, 1.165) is 21.4 Å². The molecule has 7 nitrogen and oxygen atoms in total. The minimum atomic E-state index is -0.413. The summed E-state index contributed by atoms with van der Waals surface area (Å²) < 4.78 is 14.6. The number of amides is 1. The standard InChI is InChI=1S/C18H13FN6OS2/c1-10-22-23-18-25(10)24-16(28-18)12-4-8-14(9-5-12)20-17(27)21-15(26)11-2-6-13(19)7-3-11/h2-9H,1H3,(H2,20,21,26,27). The van der Waals surface area contributed by atoms with Gasteiger partial charge < -0.3 is 5.32 Å². The molecule has 0 saturated carbocycles. The van der Waals surface area contributed by atoms with E-state index in [1.165, 1.54) is 35.6 Å². The summed E-state index contributed by atoms with van der Waals surface area (Å²) in [6, 6.07) is 12.7. The van der Waals surface area contributed by atoms with E-state index >= 15 is 0 Å². The Morgan fingerprint density at radius 2 is 1.82 bits per heavy atom. The molecule has 0 saturated heterocycles. The summed E-state index contributed by atoms with van der Waals surface area (Å²) in [5, 5.41) is 19.0. The number of hydrogen-bond acceptors (Lipinski definition) is 6. The third kappa shape index (κ3) is 3.73. The van der Waals surface area contributed by atoms with Crippen LogP contribution in [0.2, 0.25) is 0 Å². The molecule has 140 valence electrons. The predicted octanol–water partition coefficient (Wildman–Crippen LogP) is 3.43. The van der Waals surface area contributed by atoms with Gasteiger partial charge in [-0.05, 0) is 67.7 Å². The smallest absolute Gasteiger partial charge is 0.257 e. The van der Waals surface area contributed by atoms with Crippen molar-refractivity contribution in [2.24, 2.45) is 0 Å². The number of rotatable bonds is 3. The van der Waals surface area contributed by atoms with Gasteiger partial charge in [-0.15, -0.1) is 10.2 Å². The first-order chi connectivity index (χ1) is 13.5. The molecule has 0 fully saturated rings. The molecule has 10 heteroatoms. The van der Waals surface area contributed by atoms with Crippen LogP contribution in [-0.4, -0.2) is 30.8 Å². The van der Waals surface area contributed by atoms with Gasteiger partial charge in [-0.1, -0.05) is 11.3 Å². The van der Waals surface area contributed by atoms with E-state index < -0.39 is 11.7 Å². The molecule has 2 N–H and O–H groups in total. The van der Waals surface area contributed by atoms with E-state index in [2.05, 4.69) is 25.9 Å². The molecule has 0 aliphatic heterocycles. The lowest BCUT2D eigenvalue weighted by Crippen LogP contribution is -2.34. The van der Waals surface area contributed by atoms with E-state index in [1.54, 1.807) is 4.52 Å². The van der Waals surface area contributed by atoms with Crippen LogP contribution in [0.4, 0.5) is 10.1 Å². The van der Waals surface area contributed by atoms with Gasteiger partial charge in [0.05, 0.1) is 0 Å². The number of carbonyl (C=O) groups excluding carboxylic acids is 1. The first kappa shape index (κ1) is 18.1. The molecule has 0 aliphatic rings. The molecule has 0 bridgehead atoms. The van der Waals surface area contributed by atoms with Crippen molar-refractivity contribution in [3.05, 3.63) is 65.7 Å². The lowest BCUT2D eigenvalue weighted by Gasteiger charge is -2.10. The predicted molar refractivity (Wildman–Crippen MR) is 109 cm³/mol. The number of benzene rings is 2. The van der Waals surface area contributed by atoms with E-state index in [4.69, 9.17) is 12.2 Å². The average Bonchev–Trinajstić information content (AvgIpc) is 3.25. The van der Waals surface area contributed by atoms with Crippen LogP contribution >= 0.6 is 23.6 Å². The Labute approximate surface area is 168 Å². The summed E-state index contributed by atoms with van der Waals surface area (Å²) in [6.45, 7) is 1.84. The summed E-state index contributed by atoms with van der Waals surface area (Å²) in [5.41, 5.74) is 1.97. The molecule has 2 heterocycles. The largest absolute Gasteiger partial charge is 0.332 e. The molecule has 0 spiro atoms. The Bertz CT molecular complexity index is 1170. The van der Waals surface area contributed by atoms with Crippen molar-refractivity contribution in [1.82, 2.24) is 25.1 Å².